The predicted octanol–water partition coefficient (Wildman–Crippen LogP) is 9.68. The van der Waals surface area contributed by atoms with Crippen LogP contribution in [-0.2, 0) is 32.7 Å². The highest BCUT2D eigenvalue weighted by Gasteiger charge is 2.27. The number of carbonyl (C=O) groups is 2. The van der Waals surface area contributed by atoms with Crippen LogP contribution in [0.4, 0.5) is 0 Å². The molecule has 0 heterocycles. The molecule has 0 aromatic rings. The van der Waals surface area contributed by atoms with Gasteiger partial charge in [-0.05, 0) is 12.8 Å². The van der Waals surface area contributed by atoms with Crippen LogP contribution >= 0.6 is 7.82 Å². The van der Waals surface area contributed by atoms with E-state index in [4.69, 9.17) is 18.5 Å². The monoisotopic (exact) mass is 679 g/mol. The summed E-state index contributed by atoms with van der Waals surface area (Å²) < 4.78 is 34.0. The van der Waals surface area contributed by atoms with Crippen molar-refractivity contribution in [3.63, 3.8) is 0 Å². The maximum Gasteiger partial charge on any atom is 0.472 e. The second-order valence-electron chi connectivity index (χ2n) is 14.0. The highest BCUT2D eigenvalue weighted by atomic mass is 31.2. The third-order valence-corrected chi connectivity index (χ3v) is 9.12. The number of hydrogen-bond donors (Lipinski definition) is 1. The quantitative estimate of drug-likeness (QED) is 0.0310. The first-order valence-electron chi connectivity index (χ1n) is 18.8. The largest absolute Gasteiger partial charge is 0.472 e. The number of phosphoric acid groups is 1. The Morgan fingerprint density at radius 1 is 0.587 bits per heavy atom. The number of quaternary nitrogens is 1. The van der Waals surface area contributed by atoms with Crippen molar-refractivity contribution in [2.45, 2.75) is 174 Å². The minimum atomic E-state index is -4.35. The first-order valence-corrected chi connectivity index (χ1v) is 20.3. The Labute approximate surface area is 283 Å². The van der Waals surface area contributed by atoms with E-state index >= 15 is 0 Å². The Morgan fingerprint density at radius 2 is 0.978 bits per heavy atom. The molecule has 0 saturated heterocycles. The van der Waals surface area contributed by atoms with Gasteiger partial charge in [0.2, 0.25) is 0 Å². The lowest BCUT2D eigenvalue weighted by Crippen LogP contribution is -2.37. The van der Waals surface area contributed by atoms with Crippen LogP contribution in [0, 0.1) is 0 Å². The van der Waals surface area contributed by atoms with Crippen molar-refractivity contribution in [2.24, 2.45) is 0 Å². The fourth-order valence-corrected chi connectivity index (χ4v) is 5.87. The van der Waals surface area contributed by atoms with Gasteiger partial charge in [-0.2, -0.15) is 0 Å². The Morgan fingerprint density at radius 3 is 1.39 bits per heavy atom. The summed E-state index contributed by atoms with van der Waals surface area (Å²) in [6, 6.07) is 0. The molecule has 9 nitrogen and oxygen atoms in total. The molecular weight excluding hydrogens is 605 g/mol. The molecule has 0 aromatic carbocycles. The number of rotatable bonds is 34. The third-order valence-electron chi connectivity index (χ3n) is 8.14. The molecule has 0 aliphatic heterocycles. The van der Waals surface area contributed by atoms with Crippen LogP contribution in [-0.4, -0.2) is 74.9 Å². The van der Waals surface area contributed by atoms with Gasteiger partial charge in [0, 0.05) is 12.8 Å². The third kappa shape index (κ3) is 32.9. The molecule has 1 N–H and O–H groups in total. The average Bonchev–Trinajstić information content (AvgIpc) is 2.99. The second kappa shape index (κ2) is 30.1. The normalized spacial score (nSPS) is 13.8. The number of carbonyl (C=O) groups excluding carboxylic acids is 2. The Kier molecular flexibility index (Phi) is 29.4. The van der Waals surface area contributed by atoms with E-state index in [1.54, 1.807) is 0 Å². The zero-order chi connectivity index (χ0) is 34.4. The van der Waals surface area contributed by atoms with Gasteiger partial charge in [0.25, 0.3) is 0 Å². The molecule has 274 valence electrons. The summed E-state index contributed by atoms with van der Waals surface area (Å²) in [6.07, 6.45) is 25.9. The van der Waals surface area contributed by atoms with Gasteiger partial charge >= 0.3 is 19.8 Å². The summed E-state index contributed by atoms with van der Waals surface area (Å²) in [5, 5.41) is 0. The molecule has 0 fully saturated rings. The molecule has 0 spiro atoms. The van der Waals surface area contributed by atoms with Crippen molar-refractivity contribution in [2.75, 3.05) is 47.5 Å². The number of phosphoric ester groups is 1. The predicted molar refractivity (Wildman–Crippen MR) is 188 cm³/mol. The van der Waals surface area contributed by atoms with Crippen LogP contribution in [0.1, 0.15) is 168 Å². The summed E-state index contributed by atoms with van der Waals surface area (Å²) >= 11 is 0. The van der Waals surface area contributed by atoms with Gasteiger partial charge in [0.1, 0.15) is 19.8 Å². The number of unbranched alkanes of at least 4 members (excludes halogenated alkanes) is 20. The molecule has 0 saturated carbocycles. The first-order chi connectivity index (χ1) is 22.0. The maximum atomic E-state index is 12.5. The molecule has 0 aliphatic carbocycles. The molecule has 0 rings (SSSR count). The van der Waals surface area contributed by atoms with Crippen molar-refractivity contribution in [3.05, 3.63) is 0 Å². The van der Waals surface area contributed by atoms with Gasteiger partial charge in [-0.3, -0.25) is 18.6 Å². The van der Waals surface area contributed by atoms with E-state index in [1.807, 2.05) is 21.1 Å². The summed E-state index contributed by atoms with van der Waals surface area (Å²) in [5.74, 6) is -0.798. The molecule has 0 radical (unpaired) electrons. The highest BCUT2D eigenvalue weighted by Crippen LogP contribution is 2.43. The van der Waals surface area contributed by atoms with Crippen LogP contribution in [0.3, 0.4) is 0 Å². The molecule has 0 amide bonds. The molecule has 10 heteroatoms. The molecule has 46 heavy (non-hydrogen) atoms. The van der Waals surface area contributed by atoms with Gasteiger partial charge in [-0.1, -0.05) is 142 Å². The minimum absolute atomic E-state index is 0.0359. The van der Waals surface area contributed by atoms with Crippen molar-refractivity contribution in [3.8, 4) is 0 Å². The van der Waals surface area contributed by atoms with Gasteiger partial charge in [-0.25, -0.2) is 4.57 Å². The van der Waals surface area contributed by atoms with Crippen molar-refractivity contribution >= 4 is 19.8 Å². The highest BCUT2D eigenvalue weighted by molar-refractivity contribution is 7.47. The number of likely N-dealkylation sites (N-methyl/N-ethyl adjacent to an activating group) is 1. The van der Waals surface area contributed by atoms with Crippen LogP contribution in [0.5, 0.6) is 0 Å². The van der Waals surface area contributed by atoms with Crippen LogP contribution in [0.25, 0.3) is 0 Å². The fraction of sp³-hybridized carbons (Fsp3) is 0.944. The molecular formula is C36H73NO8P+. The molecule has 1 unspecified atom stereocenters. The van der Waals surface area contributed by atoms with E-state index in [0.29, 0.717) is 23.9 Å². The number of nitrogens with zero attached hydrogens (tertiary/aromatic N) is 1. The van der Waals surface area contributed by atoms with Gasteiger partial charge < -0.3 is 18.9 Å². The van der Waals surface area contributed by atoms with Crippen LogP contribution in [0.15, 0.2) is 0 Å². The van der Waals surface area contributed by atoms with Crippen LogP contribution < -0.4 is 0 Å². The summed E-state index contributed by atoms with van der Waals surface area (Å²) in [4.78, 5) is 35.0. The Balaban J connectivity index is 4.31. The van der Waals surface area contributed by atoms with Crippen molar-refractivity contribution in [1.29, 1.82) is 0 Å². The number of esters is 2. The fourth-order valence-electron chi connectivity index (χ4n) is 5.13. The van der Waals surface area contributed by atoms with E-state index in [-0.39, 0.29) is 25.6 Å². The standard InChI is InChI=1S/C36H72NO8P/c1-6-8-10-12-14-15-16-17-18-19-20-21-23-24-26-28-35(38)42-32-34(33-44-46(40,41)43-31-30-37(3,4)5)45-36(39)29-27-25-22-13-11-9-7-2/h34H,6-33H2,1-5H3/p+1/t34-/m1/s1. The summed E-state index contributed by atoms with van der Waals surface area (Å²) in [7, 11) is 1.49. The number of hydrogen-bond acceptors (Lipinski definition) is 7. The van der Waals surface area contributed by atoms with E-state index in [1.165, 1.54) is 96.3 Å². The minimum Gasteiger partial charge on any atom is -0.462 e. The lowest BCUT2D eigenvalue weighted by molar-refractivity contribution is -0.870. The smallest absolute Gasteiger partial charge is 0.462 e. The van der Waals surface area contributed by atoms with E-state index in [0.717, 1.165) is 38.5 Å². The molecule has 0 aliphatic rings. The van der Waals surface area contributed by atoms with Crippen LogP contribution in [0.2, 0.25) is 0 Å². The molecule has 0 bridgehead atoms. The van der Waals surface area contributed by atoms with Crippen molar-refractivity contribution in [1.82, 2.24) is 0 Å². The maximum absolute atomic E-state index is 12.5. The topological polar surface area (TPSA) is 108 Å². The van der Waals surface area contributed by atoms with Gasteiger partial charge in [0.15, 0.2) is 6.10 Å². The van der Waals surface area contributed by atoms with Crippen molar-refractivity contribution < 1.29 is 42.1 Å². The lowest BCUT2D eigenvalue weighted by atomic mass is 10.0. The zero-order valence-corrected chi connectivity index (χ0v) is 31.5. The Bertz CT molecular complexity index is 774. The zero-order valence-electron chi connectivity index (χ0n) is 30.6. The first kappa shape index (κ1) is 45.0. The van der Waals surface area contributed by atoms with Gasteiger partial charge in [0.05, 0.1) is 27.7 Å². The molecule has 2 atom stereocenters. The summed E-state index contributed by atoms with van der Waals surface area (Å²) in [6.45, 7) is 4.37. The van der Waals surface area contributed by atoms with E-state index in [2.05, 4.69) is 13.8 Å². The SMILES string of the molecule is CCCCCCCCCCCCCCCCCC(=O)OC[C@H](COP(=O)(O)OCC[N+](C)(C)C)OC(=O)CCCCCCCCC. The Hall–Kier alpha value is -0.990. The number of ether oxygens (including phenoxy) is 2. The second-order valence-corrected chi connectivity index (χ2v) is 15.4. The van der Waals surface area contributed by atoms with E-state index < -0.39 is 26.5 Å². The lowest BCUT2D eigenvalue weighted by Gasteiger charge is -2.24. The molecule has 0 aromatic heterocycles. The average molecular weight is 679 g/mol. The summed E-state index contributed by atoms with van der Waals surface area (Å²) in [5.41, 5.74) is 0. The van der Waals surface area contributed by atoms with E-state index in [9.17, 15) is 19.0 Å². The van der Waals surface area contributed by atoms with Gasteiger partial charge in [-0.15, -0.1) is 0 Å².